The Morgan fingerprint density at radius 1 is 1.50 bits per heavy atom. The predicted octanol–water partition coefficient (Wildman–Crippen LogP) is 0.642. The van der Waals surface area contributed by atoms with E-state index in [4.69, 9.17) is 9.47 Å². The summed E-state index contributed by atoms with van der Waals surface area (Å²) in [6, 6.07) is 5.25. The van der Waals surface area contributed by atoms with Gasteiger partial charge in [0.25, 0.3) is 0 Å². The van der Waals surface area contributed by atoms with Crippen LogP contribution in [0, 0.1) is 0 Å². The molecule has 1 saturated heterocycles. The number of ether oxygens (including phenoxy) is 2. The van der Waals surface area contributed by atoms with Gasteiger partial charge in [-0.3, -0.25) is 0 Å². The van der Waals surface area contributed by atoms with Crippen LogP contribution in [-0.2, 0) is 11.3 Å². The minimum absolute atomic E-state index is 0.125. The molecule has 0 spiro atoms. The van der Waals surface area contributed by atoms with Crippen molar-refractivity contribution in [3.63, 3.8) is 0 Å². The summed E-state index contributed by atoms with van der Waals surface area (Å²) in [5, 5.41) is 22.8. The Hall–Kier alpha value is -1.30. The van der Waals surface area contributed by atoms with Crippen LogP contribution in [0.5, 0.6) is 11.5 Å². The number of hydrogen-bond donors (Lipinski definition) is 3. The molecule has 0 bridgehead atoms. The lowest BCUT2D eigenvalue weighted by Crippen LogP contribution is -2.40. The van der Waals surface area contributed by atoms with Crippen molar-refractivity contribution in [3.8, 4) is 11.5 Å². The van der Waals surface area contributed by atoms with Crippen LogP contribution in [0.25, 0.3) is 0 Å². The minimum Gasteiger partial charge on any atom is -0.504 e. The van der Waals surface area contributed by atoms with E-state index in [1.54, 1.807) is 12.1 Å². The number of aliphatic hydroxyl groups is 1. The molecule has 1 fully saturated rings. The van der Waals surface area contributed by atoms with Gasteiger partial charge in [0, 0.05) is 26.1 Å². The number of nitrogens with one attached hydrogen (secondary N) is 1. The molecule has 0 amide bonds. The van der Waals surface area contributed by atoms with E-state index in [-0.39, 0.29) is 5.75 Å². The number of benzene rings is 1. The highest BCUT2D eigenvalue weighted by Gasteiger charge is 2.31. The van der Waals surface area contributed by atoms with Crippen LogP contribution >= 0.6 is 0 Å². The highest BCUT2D eigenvalue weighted by molar-refractivity contribution is 5.41. The molecular formula is C13H19NO4. The molecule has 0 saturated carbocycles. The van der Waals surface area contributed by atoms with Crippen molar-refractivity contribution in [1.29, 1.82) is 0 Å². The highest BCUT2D eigenvalue weighted by Crippen LogP contribution is 2.26. The lowest BCUT2D eigenvalue weighted by molar-refractivity contribution is 0.0268. The molecule has 100 valence electrons. The maximum absolute atomic E-state index is 10.0. The molecular weight excluding hydrogens is 234 g/mol. The number of phenols is 1. The Balaban J connectivity index is 1.85. The van der Waals surface area contributed by atoms with Crippen LogP contribution in [0.1, 0.15) is 12.0 Å². The number of aromatic hydroxyl groups is 1. The van der Waals surface area contributed by atoms with Gasteiger partial charge >= 0.3 is 0 Å². The van der Waals surface area contributed by atoms with E-state index in [9.17, 15) is 10.2 Å². The zero-order valence-corrected chi connectivity index (χ0v) is 10.5. The van der Waals surface area contributed by atoms with Crippen LogP contribution in [0.15, 0.2) is 18.2 Å². The van der Waals surface area contributed by atoms with E-state index in [0.717, 1.165) is 5.56 Å². The number of methoxy groups -OCH3 is 1. The third-order valence-electron chi connectivity index (χ3n) is 3.11. The van der Waals surface area contributed by atoms with Crippen molar-refractivity contribution in [2.24, 2.45) is 0 Å². The van der Waals surface area contributed by atoms with E-state index in [1.807, 2.05) is 6.07 Å². The van der Waals surface area contributed by atoms with Crippen LogP contribution < -0.4 is 10.1 Å². The third kappa shape index (κ3) is 3.13. The van der Waals surface area contributed by atoms with Gasteiger partial charge in [0.1, 0.15) is 5.60 Å². The fourth-order valence-corrected chi connectivity index (χ4v) is 2.02. The first kappa shape index (κ1) is 13.1. The zero-order valence-electron chi connectivity index (χ0n) is 10.5. The van der Waals surface area contributed by atoms with Gasteiger partial charge in [0.05, 0.1) is 13.7 Å². The van der Waals surface area contributed by atoms with E-state index < -0.39 is 5.60 Å². The van der Waals surface area contributed by atoms with Gasteiger partial charge in [-0.05, 0) is 17.7 Å². The van der Waals surface area contributed by atoms with Crippen molar-refractivity contribution < 1.29 is 19.7 Å². The summed E-state index contributed by atoms with van der Waals surface area (Å²) in [6.45, 7) is 2.06. The van der Waals surface area contributed by atoms with Crippen molar-refractivity contribution in [3.05, 3.63) is 23.8 Å². The summed E-state index contributed by atoms with van der Waals surface area (Å²) in [5.41, 5.74) is 0.185. The Bertz CT molecular complexity index is 402. The lowest BCUT2D eigenvalue weighted by atomic mass is 10.0. The number of rotatable bonds is 5. The van der Waals surface area contributed by atoms with Crippen molar-refractivity contribution in [1.82, 2.24) is 5.32 Å². The molecule has 1 aliphatic heterocycles. The van der Waals surface area contributed by atoms with Crippen LogP contribution in [-0.4, -0.2) is 42.7 Å². The lowest BCUT2D eigenvalue weighted by Gasteiger charge is -2.20. The number of phenolic OH excluding ortho intramolecular Hbond substituents is 1. The number of hydrogen-bond acceptors (Lipinski definition) is 5. The van der Waals surface area contributed by atoms with Gasteiger partial charge in [0.2, 0.25) is 0 Å². The Morgan fingerprint density at radius 3 is 2.94 bits per heavy atom. The molecule has 1 aliphatic rings. The zero-order chi connectivity index (χ0) is 13.0. The SMILES string of the molecule is COc1ccc(CNCC2(O)CCOC2)cc1O. The first-order chi connectivity index (χ1) is 8.63. The summed E-state index contributed by atoms with van der Waals surface area (Å²) in [7, 11) is 1.52. The second-order valence-corrected chi connectivity index (χ2v) is 4.64. The summed E-state index contributed by atoms with van der Waals surface area (Å²) >= 11 is 0. The van der Waals surface area contributed by atoms with Gasteiger partial charge in [-0.2, -0.15) is 0 Å². The molecule has 5 nitrogen and oxygen atoms in total. The minimum atomic E-state index is -0.755. The molecule has 3 N–H and O–H groups in total. The average molecular weight is 253 g/mol. The van der Waals surface area contributed by atoms with Gasteiger partial charge in [-0.1, -0.05) is 6.07 Å². The van der Waals surface area contributed by atoms with Gasteiger partial charge in [-0.25, -0.2) is 0 Å². The summed E-state index contributed by atoms with van der Waals surface area (Å²) in [4.78, 5) is 0. The standard InChI is InChI=1S/C13H19NO4/c1-17-12-3-2-10(6-11(12)15)7-14-8-13(16)4-5-18-9-13/h2-3,6,14-16H,4-5,7-9H2,1H3. The first-order valence-corrected chi connectivity index (χ1v) is 6.00. The normalized spacial score (nSPS) is 23.2. The van der Waals surface area contributed by atoms with E-state index in [2.05, 4.69) is 5.32 Å². The quantitative estimate of drug-likeness (QED) is 0.718. The molecule has 0 radical (unpaired) electrons. The molecule has 1 aromatic rings. The van der Waals surface area contributed by atoms with Crippen LogP contribution in [0.3, 0.4) is 0 Å². The topological polar surface area (TPSA) is 71.0 Å². The molecule has 1 atom stereocenters. The molecule has 2 rings (SSSR count). The van der Waals surface area contributed by atoms with E-state index in [1.165, 1.54) is 7.11 Å². The molecule has 0 aliphatic carbocycles. The largest absolute Gasteiger partial charge is 0.504 e. The summed E-state index contributed by atoms with van der Waals surface area (Å²) in [6.07, 6.45) is 0.661. The maximum Gasteiger partial charge on any atom is 0.160 e. The van der Waals surface area contributed by atoms with Gasteiger partial charge < -0.3 is 25.0 Å². The molecule has 1 unspecified atom stereocenters. The molecule has 18 heavy (non-hydrogen) atoms. The smallest absolute Gasteiger partial charge is 0.160 e. The van der Waals surface area contributed by atoms with Gasteiger partial charge in [0.15, 0.2) is 11.5 Å². The molecule has 1 heterocycles. The van der Waals surface area contributed by atoms with Crippen molar-refractivity contribution in [2.75, 3.05) is 26.9 Å². The van der Waals surface area contributed by atoms with Crippen molar-refractivity contribution in [2.45, 2.75) is 18.6 Å². The summed E-state index contributed by atoms with van der Waals surface area (Å²) in [5.74, 6) is 0.585. The Kier molecular flexibility index (Phi) is 4.06. The fourth-order valence-electron chi connectivity index (χ4n) is 2.02. The van der Waals surface area contributed by atoms with E-state index >= 15 is 0 Å². The Morgan fingerprint density at radius 2 is 2.33 bits per heavy atom. The maximum atomic E-state index is 10.0. The molecule has 1 aromatic carbocycles. The van der Waals surface area contributed by atoms with Crippen LogP contribution in [0.2, 0.25) is 0 Å². The molecule has 5 heteroatoms. The molecule has 0 aromatic heterocycles. The second kappa shape index (κ2) is 5.56. The second-order valence-electron chi connectivity index (χ2n) is 4.64. The Labute approximate surface area is 106 Å². The third-order valence-corrected chi connectivity index (χ3v) is 3.11. The van der Waals surface area contributed by atoms with Crippen LogP contribution in [0.4, 0.5) is 0 Å². The summed E-state index contributed by atoms with van der Waals surface area (Å²) < 4.78 is 10.1. The van der Waals surface area contributed by atoms with Crippen molar-refractivity contribution >= 4 is 0 Å². The average Bonchev–Trinajstić information content (AvgIpc) is 2.77. The fraction of sp³-hybridized carbons (Fsp3) is 0.538. The monoisotopic (exact) mass is 253 g/mol. The van der Waals surface area contributed by atoms with Gasteiger partial charge in [-0.15, -0.1) is 0 Å². The first-order valence-electron chi connectivity index (χ1n) is 6.00. The van der Waals surface area contributed by atoms with E-state index in [0.29, 0.717) is 38.5 Å². The highest BCUT2D eigenvalue weighted by atomic mass is 16.5. The predicted molar refractivity (Wildman–Crippen MR) is 66.8 cm³/mol.